The quantitative estimate of drug-likeness (QED) is 0.107. The van der Waals surface area contributed by atoms with Crippen molar-refractivity contribution in [1.29, 1.82) is 0 Å². The first kappa shape index (κ1) is 87.5. The van der Waals surface area contributed by atoms with Crippen LogP contribution in [0.1, 0.15) is 66.8 Å². The highest BCUT2D eigenvalue weighted by Gasteiger charge is 2.14. The van der Waals surface area contributed by atoms with Gasteiger partial charge >= 0.3 is 0 Å². The molecule has 612 valence electrons. The van der Waals surface area contributed by atoms with E-state index in [-0.39, 0.29) is 23.3 Å². The molecule has 0 fully saturated rings. The minimum Gasteiger partial charge on any atom is -0.206 e. The van der Waals surface area contributed by atoms with Gasteiger partial charge in [-0.15, -0.1) is 0 Å². The molecule has 0 aliphatic heterocycles. The van der Waals surface area contributed by atoms with Gasteiger partial charge in [0, 0.05) is 22.3 Å². The van der Waals surface area contributed by atoms with Gasteiger partial charge in [-0.2, -0.15) is 0 Å². The number of aryl methyl sites for hydroxylation is 12. The van der Waals surface area contributed by atoms with Gasteiger partial charge < -0.3 is 0 Å². The van der Waals surface area contributed by atoms with E-state index in [1.165, 1.54) is 111 Å². The molecule has 0 atom stereocenters. The fraction of sp³-hybridized carbons (Fsp3) is 0.100. The molecule has 124 heavy (non-hydrogen) atoms. The van der Waals surface area contributed by atoms with Crippen molar-refractivity contribution in [2.45, 2.75) is 83.1 Å². The van der Waals surface area contributed by atoms with Crippen molar-refractivity contribution in [3.05, 3.63) is 503 Å². The van der Waals surface area contributed by atoms with Crippen molar-refractivity contribution in [1.82, 2.24) is 0 Å². The summed E-state index contributed by atoms with van der Waals surface area (Å²) in [7, 11) is 0. The van der Waals surface area contributed by atoms with Crippen LogP contribution in [0.4, 0.5) is 17.6 Å². The Bertz CT molecular complexity index is 5670. The highest BCUT2D eigenvalue weighted by molar-refractivity contribution is 5.78. The zero-order valence-electron chi connectivity index (χ0n) is 72.8. The zero-order valence-corrected chi connectivity index (χ0v) is 72.8. The molecule has 0 unspecified atom stereocenters. The molecule has 0 aromatic heterocycles. The molecule has 0 spiro atoms. The number of halogens is 4. The fourth-order valence-electron chi connectivity index (χ4n) is 14.3. The van der Waals surface area contributed by atoms with Gasteiger partial charge in [-0.1, -0.05) is 455 Å². The van der Waals surface area contributed by atoms with Gasteiger partial charge in [-0.05, 0) is 219 Å². The number of hydrogen-bond acceptors (Lipinski definition) is 0. The van der Waals surface area contributed by atoms with Crippen LogP contribution in [0, 0.1) is 106 Å². The van der Waals surface area contributed by atoms with Crippen molar-refractivity contribution in [2.75, 3.05) is 0 Å². The SMILES string of the molecule is Cc1ccc(-c2ccc(-c3ccc(C)cc3)c(F)c2)cc1.Cc1ccc(-c2ccc(-c3ccc(C)cc3)c(F)c2)cc1.Cc1ccc(-c2ccc(-c3ccc(C)cc3)c(F)c2)cc1.Cc1ccc(-c2ccc(-c3ccc(C)cc3)c(F)c2)cc1.Cc1ccc(-c2ccc(-c3ccc(C)cc3)cc2)cc1.Cc1ccc(-c2ccc(-c3ccc(C)cc3)cc2)cc1. The van der Waals surface area contributed by atoms with Crippen molar-refractivity contribution < 1.29 is 17.6 Å². The highest BCUT2D eigenvalue weighted by atomic mass is 19.1. The standard InChI is InChI=1S/4C20H17F.2C20H18/c4*1-14-3-7-16(8-4-14)18-11-12-19(20(21)13-18)17-9-5-15(2)6-10-17;2*1-15-3-7-17(8-4-15)19-11-13-20(14-12-19)18-9-5-16(2)6-10-18/h4*3-13H,1-2H3;2*3-14H,1-2H3. The van der Waals surface area contributed by atoms with E-state index in [0.717, 1.165) is 66.8 Å². The van der Waals surface area contributed by atoms with Gasteiger partial charge in [0.05, 0.1) is 0 Å². The van der Waals surface area contributed by atoms with E-state index in [0.29, 0.717) is 22.3 Å². The first-order valence-corrected chi connectivity index (χ1v) is 42.2. The maximum atomic E-state index is 14.4. The Balaban J connectivity index is 0.000000128. The third kappa shape index (κ3) is 24.1. The Kier molecular flexibility index (Phi) is 29.5. The van der Waals surface area contributed by atoms with E-state index in [2.05, 4.69) is 173 Å². The lowest BCUT2D eigenvalue weighted by molar-refractivity contribution is 0.631. The van der Waals surface area contributed by atoms with Crippen LogP contribution in [0.5, 0.6) is 0 Å². The molecule has 0 amide bonds. The summed E-state index contributed by atoms with van der Waals surface area (Å²) < 4.78 is 57.6. The Hall–Kier alpha value is -14.3. The van der Waals surface area contributed by atoms with E-state index in [1.54, 1.807) is 24.3 Å². The fourth-order valence-corrected chi connectivity index (χ4v) is 14.3. The van der Waals surface area contributed by atoms with Crippen LogP contribution in [-0.4, -0.2) is 0 Å². The molecule has 18 aromatic rings. The van der Waals surface area contributed by atoms with E-state index >= 15 is 0 Å². The van der Waals surface area contributed by atoms with Gasteiger partial charge in [0.2, 0.25) is 0 Å². The molecular formula is C120H104F4. The van der Waals surface area contributed by atoms with Gasteiger partial charge in [0.15, 0.2) is 0 Å². The molecule has 0 bridgehead atoms. The average Bonchev–Trinajstić information content (AvgIpc) is 0.834. The van der Waals surface area contributed by atoms with Gasteiger partial charge in [0.25, 0.3) is 0 Å². The van der Waals surface area contributed by atoms with Crippen LogP contribution < -0.4 is 0 Å². The summed E-state index contributed by atoms with van der Waals surface area (Å²) in [6.07, 6.45) is 0. The Morgan fingerprint density at radius 3 is 0.282 bits per heavy atom. The average molecular weight is 1620 g/mol. The van der Waals surface area contributed by atoms with Crippen molar-refractivity contribution >= 4 is 0 Å². The predicted octanol–water partition coefficient (Wildman–Crippen LogP) is 34.4. The Morgan fingerprint density at radius 1 is 0.0968 bits per heavy atom. The third-order valence-electron chi connectivity index (χ3n) is 22.2. The van der Waals surface area contributed by atoms with Crippen molar-refractivity contribution in [3.63, 3.8) is 0 Å². The number of rotatable bonds is 12. The first-order chi connectivity index (χ1) is 60.0. The van der Waals surface area contributed by atoms with Crippen LogP contribution in [0.2, 0.25) is 0 Å². The molecular weight excluding hydrogens is 1520 g/mol. The lowest BCUT2D eigenvalue weighted by Crippen LogP contribution is -1.87. The van der Waals surface area contributed by atoms with Gasteiger partial charge in [-0.3, -0.25) is 0 Å². The van der Waals surface area contributed by atoms with Gasteiger partial charge in [-0.25, -0.2) is 17.6 Å². The molecule has 0 heterocycles. The maximum absolute atomic E-state index is 14.4. The summed E-state index contributed by atoms with van der Waals surface area (Å²) in [4.78, 5) is 0. The topological polar surface area (TPSA) is 0 Å². The summed E-state index contributed by atoms with van der Waals surface area (Å²) in [6.45, 7) is 24.8. The summed E-state index contributed by atoms with van der Waals surface area (Å²) in [5.41, 5.74) is 38.8. The van der Waals surface area contributed by atoms with Crippen LogP contribution >= 0.6 is 0 Å². The van der Waals surface area contributed by atoms with Crippen molar-refractivity contribution in [2.24, 2.45) is 0 Å². The smallest absolute Gasteiger partial charge is 0.131 e. The van der Waals surface area contributed by atoms with E-state index in [9.17, 15) is 17.6 Å². The lowest BCUT2D eigenvalue weighted by atomic mass is 9.98. The molecule has 18 aromatic carbocycles. The molecule has 0 saturated heterocycles. The predicted molar refractivity (Wildman–Crippen MR) is 521 cm³/mol. The number of benzene rings is 18. The molecule has 4 heteroatoms. The monoisotopic (exact) mass is 1620 g/mol. The summed E-state index contributed by atoms with van der Waals surface area (Å²) in [6, 6.07) is 138. The second kappa shape index (κ2) is 41.8. The molecule has 0 radical (unpaired) electrons. The Morgan fingerprint density at radius 2 is 0.177 bits per heavy atom. The maximum Gasteiger partial charge on any atom is 0.131 e. The van der Waals surface area contributed by atoms with Crippen LogP contribution in [0.3, 0.4) is 0 Å². The van der Waals surface area contributed by atoms with Crippen molar-refractivity contribution in [3.8, 4) is 134 Å². The van der Waals surface area contributed by atoms with Crippen LogP contribution in [0.25, 0.3) is 134 Å². The second-order valence-corrected chi connectivity index (χ2v) is 32.3. The molecule has 0 saturated carbocycles. The van der Waals surface area contributed by atoms with Crippen LogP contribution in [-0.2, 0) is 0 Å². The largest absolute Gasteiger partial charge is 0.206 e. The van der Waals surface area contributed by atoms with Gasteiger partial charge in [0.1, 0.15) is 23.3 Å². The van der Waals surface area contributed by atoms with E-state index in [4.69, 9.17) is 0 Å². The minimum absolute atomic E-state index is 0.183. The summed E-state index contributed by atoms with van der Waals surface area (Å²) >= 11 is 0. The molecule has 18 rings (SSSR count). The molecule has 0 N–H and O–H groups in total. The highest BCUT2D eigenvalue weighted by Crippen LogP contribution is 2.36. The third-order valence-corrected chi connectivity index (χ3v) is 22.2. The second-order valence-electron chi connectivity index (χ2n) is 32.3. The normalized spacial score (nSPS) is 10.6. The summed E-state index contributed by atoms with van der Waals surface area (Å²) in [5.74, 6) is -0.734. The molecule has 0 nitrogen and oxygen atoms in total. The summed E-state index contributed by atoms with van der Waals surface area (Å²) in [5, 5.41) is 0. The Labute approximate surface area is 731 Å². The first-order valence-electron chi connectivity index (χ1n) is 42.2. The lowest BCUT2D eigenvalue weighted by Gasteiger charge is -2.08. The van der Waals surface area contributed by atoms with E-state index in [1.807, 2.05) is 298 Å². The minimum atomic E-state index is -0.183. The number of hydrogen-bond donors (Lipinski definition) is 0. The molecule has 0 aliphatic rings. The molecule has 0 aliphatic carbocycles. The van der Waals surface area contributed by atoms with E-state index < -0.39 is 0 Å². The zero-order chi connectivity index (χ0) is 87.2. The van der Waals surface area contributed by atoms with Crippen LogP contribution in [0.15, 0.2) is 413 Å².